The summed E-state index contributed by atoms with van der Waals surface area (Å²) in [5.41, 5.74) is 0. The molecule has 4 heteroatoms. The van der Waals surface area contributed by atoms with Crippen molar-refractivity contribution in [1.29, 1.82) is 0 Å². The van der Waals surface area contributed by atoms with E-state index in [1.54, 1.807) is 18.7 Å². The van der Waals surface area contributed by atoms with Crippen LogP contribution < -0.4 is 0 Å². The third kappa shape index (κ3) is 7.84. The normalized spacial score (nSPS) is 9.69. The van der Waals surface area contributed by atoms with Gasteiger partial charge in [-0.2, -0.15) is 11.8 Å². The lowest BCUT2D eigenvalue weighted by atomic mass is 10.2. The predicted octanol–water partition coefficient (Wildman–Crippen LogP) is 1.65. The van der Waals surface area contributed by atoms with Gasteiger partial charge >= 0.3 is 5.97 Å². The lowest BCUT2D eigenvalue weighted by Crippen LogP contribution is -2.11. The molecule has 0 aliphatic heterocycles. The third-order valence-corrected chi connectivity index (χ3v) is 2.15. The topological polar surface area (TPSA) is 43.4 Å². The molecule has 0 aromatic rings. The van der Waals surface area contributed by atoms with Gasteiger partial charge in [0.25, 0.3) is 0 Å². The zero-order chi connectivity index (χ0) is 10.1. The van der Waals surface area contributed by atoms with Gasteiger partial charge in [0.1, 0.15) is 12.2 Å². The predicted molar refractivity (Wildman–Crippen MR) is 53.9 cm³/mol. The summed E-state index contributed by atoms with van der Waals surface area (Å²) in [4.78, 5) is 21.9. The summed E-state index contributed by atoms with van der Waals surface area (Å²) in [5.74, 6) is 0.540. The minimum atomic E-state index is -0.406. The van der Waals surface area contributed by atoms with E-state index in [1.807, 2.05) is 6.26 Å². The molecule has 0 unspecified atom stereocenters. The lowest BCUT2D eigenvalue weighted by molar-refractivity contribution is -0.145. The van der Waals surface area contributed by atoms with Gasteiger partial charge in [-0.05, 0) is 25.4 Å². The minimum absolute atomic E-state index is 0.0208. The van der Waals surface area contributed by atoms with Gasteiger partial charge in [0.05, 0.1) is 6.61 Å². The highest BCUT2D eigenvalue weighted by molar-refractivity contribution is 7.98. The van der Waals surface area contributed by atoms with Crippen molar-refractivity contribution in [1.82, 2.24) is 0 Å². The van der Waals surface area contributed by atoms with Gasteiger partial charge in [-0.3, -0.25) is 9.59 Å². The molecule has 0 aliphatic carbocycles. The summed E-state index contributed by atoms with van der Waals surface area (Å²) in [5, 5.41) is 0. The number of esters is 1. The third-order valence-electron chi connectivity index (χ3n) is 1.45. The molecule has 0 aromatic heterocycles. The fraction of sp³-hybridized carbons (Fsp3) is 0.778. The summed E-state index contributed by atoms with van der Waals surface area (Å²) in [6.07, 6.45) is 3.26. The molecular formula is C9H16O3S. The van der Waals surface area contributed by atoms with Crippen molar-refractivity contribution in [2.75, 3.05) is 18.6 Å². The molecule has 0 saturated heterocycles. The van der Waals surface area contributed by atoms with Gasteiger partial charge in [0, 0.05) is 6.42 Å². The van der Waals surface area contributed by atoms with E-state index in [2.05, 4.69) is 4.74 Å². The molecule has 0 spiro atoms. The van der Waals surface area contributed by atoms with Crippen LogP contribution in [0.15, 0.2) is 0 Å². The van der Waals surface area contributed by atoms with Crippen LogP contribution in [0.2, 0.25) is 0 Å². The zero-order valence-corrected chi connectivity index (χ0v) is 8.99. The van der Waals surface area contributed by atoms with Gasteiger partial charge in [-0.1, -0.05) is 0 Å². The highest BCUT2D eigenvalue weighted by Crippen LogP contribution is 2.02. The number of hydrogen-bond acceptors (Lipinski definition) is 4. The van der Waals surface area contributed by atoms with E-state index < -0.39 is 5.97 Å². The molecule has 0 saturated carbocycles. The number of hydrogen-bond donors (Lipinski definition) is 0. The average molecular weight is 204 g/mol. The maximum atomic E-state index is 11.1. The Bertz CT molecular complexity index is 168. The van der Waals surface area contributed by atoms with E-state index in [1.165, 1.54) is 0 Å². The molecule has 0 aliphatic rings. The Kier molecular flexibility index (Phi) is 7.79. The van der Waals surface area contributed by atoms with E-state index >= 15 is 0 Å². The summed E-state index contributed by atoms with van der Waals surface area (Å²) in [7, 11) is 0. The monoisotopic (exact) mass is 204 g/mol. The summed E-state index contributed by atoms with van der Waals surface area (Å²) in [6.45, 7) is 2.08. The number of ether oxygens (including phenoxy) is 1. The average Bonchev–Trinajstić information content (AvgIpc) is 2.05. The number of thioether (sulfide) groups is 1. The maximum Gasteiger partial charge on any atom is 0.313 e. The van der Waals surface area contributed by atoms with E-state index in [0.717, 1.165) is 12.2 Å². The van der Waals surface area contributed by atoms with Gasteiger partial charge < -0.3 is 4.74 Å². The fourth-order valence-corrected chi connectivity index (χ4v) is 1.31. The van der Waals surface area contributed by atoms with Crippen molar-refractivity contribution in [2.24, 2.45) is 0 Å². The number of ketones is 1. The fourth-order valence-electron chi connectivity index (χ4n) is 0.875. The standard InChI is InChI=1S/C9H16O3S/c1-3-12-9(11)7-8(10)5-4-6-13-2/h3-7H2,1-2H3. The van der Waals surface area contributed by atoms with Crippen molar-refractivity contribution < 1.29 is 14.3 Å². The second-order valence-corrected chi connectivity index (χ2v) is 3.60. The molecule has 0 bridgehead atoms. The minimum Gasteiger partial charge on any atom is -0.466 e. The van der Waals surface area contributed by atoms with Crippen molar-refractivity contribution in [3.63, 3.8) is 0 Å². The molecule has 0 aromatic carbocycles. The Balaban J connectivity index is 3.44. The lowest BCUT2D eigenvalue weighted by Gasteiger charge is -2.00. The molecular weight excluding hydrogens is 188 g/mol. The van der Waals surface area contributed by atoms with Crippen LogP contribution in [0, 0.1) is 0 Å². The largest absolute Gasteiger partial charge is 0.466 e. The van der Waals surface area contributed by atoms with Crippen LogP contribution in [-0.2, 0) is 14.3 Å². The molecule has 0 fully saturated rings. The van der Waals surface area contributed by atoms with Crippen molar-refractivity contribution in [3.8, 4) is 0 Å². The first-order valence-corrected chi connectivity index (χ1v) is 5.76. The summed E-state index contributed by atoms with van der Waals surface area (Å²) in [6, 6.07) is 0. The van der Waals surface area contributed by atoms with Crippen LogP contribution in [-0.4, -0.2) is 30.4 Å². The Morgan fingerprint density at radius 3 is 2.62 bits per heavy atom. The van der Waals surface area contributed by atoms with E-state index in [-0.39, 0.29) is 12.2 Å². The molecule has 0 amide bonds. The SMILES string of the molecule is CCOC(=O)CC(=O)CCCSC. The Morgan fingerprint density at radius 2 is 2.08 bits per heavy atom. The van der Waals surface area contributed by atoms with E-state index in [4.69, 9.17) is 0 Å². The molecule has 0 radical (unpaired) electrons. The van der Waals surface area contributed by atoms with Crippen LogP contribution in [0.3, 0.4) is 0 Å². The molecule has 0 heterocycles. The highest BCUT2D eigenvalue weighted by atomic mass is 32.2. The van der Waals surface area contributed by atoms with E-state index in [0.29, 0.717) is 13.0 Å². The van der Waals surface area contributed by atoms with Crippen molar-refractivity contribution in [2.45, 2.75) is 26.2 Å². The molecule has 76 valence electrons. The molecule has 0 N–H and O–H groups in total. The summed E-state index contributed by atoms with van der Waals surface area (Å²) >= 11 is 1.70. The van der Waals surface area contributed by atoms with Gasteiger partial charge in [-0.25, -0.2) is 0 Å². The number of Topliss-reactive ketones (excluding diaryl/α,β-unsaturated/α-hetero) is 1. The Morgan fingerprint density at radius 1 is 1.38 bits per heavy atom. The molecule has 0 rings (SSSR count). The molecule has 0 atom stereocenters. The van der Waals surface area contributed by atoms with Crippen LogP contribution in [0.5, 0.6) is 0 Å². The first-order valence-electron chi connectivity index (χ1n) is 4.37. The second kappa shape index (κ2) is 8.10. The number of carbonyl (C=O) groups is 2. The molecule has 3 nitrogen and oxygen atoms in total. The zero-order valence-electron chi connectivity index (χ0n) is 8.17. The summed E-state index contributed by atoms with van der Waals surface area (Å²) < 4.78 is 4.65. The maximum absolute atomic E-state index is 11.1. The first kappa shape index (κ1) is 12.5. The van der Waals surface area contributed by atoms with Crippen LogP contribution in [0.1, 0.15) is 26.2 Å². The van der Waals surface area contributed by atoms with Crippen LogP contribution >= 0.6 is 11.8 Å². The second-order valence-electron chi connectivity index (χ2n) is 2.62. The number of carbonyl (C=O) groups excluding carboxylic acids is 2. The van der Waals surface area contributed by atoms with Crippen LogP contribution in [0.25, 0.3) is 0 Å². The van der Waals surface area contributed by atoms with Crippen molar-refractivity contribution >= 4 is 23.5 Å². The van der Waals surface area contributed by atoms with Crippen LogP contribution in [0.4, 0.5) is 0 Å². The quantitative estimate of drug-likeness (QED) is 0.359. The van der Waals surface area contributed by atoms with Crippen molar-refractivity contribution in [3.05, 3.63) is 0 Å². The van der Waals surface area contributed by atoms with Gasteiger partial charge in [0.2, 0.25) is 0 Å². The van der Waals surface area contributed by atoms with Gasteiger partial charge in [0.15, 0.2) is 0 Å². The smallest absolute Gasteiger partial charge is 0.313 e. The number of rotatable bonds is 7. The van der Waals surface area contributed by atoms with Gasteiger partial charge in [-0.15, -0.1) is 0 Å². The Labute approximate surface area is 83.2 Å². The van der Waals surface area contributed by atoms with E-state index in [9.17, 15) is 9.59 Å². The highest BCUT2D eigenvalue weighted by Gasteiger charge is 2.09. The first-order chi connectivity index (χ1) is 6.20. The molecule has 13 heavy (non-hydrogen) atoms. The Hall–Kier alpha value is -0.510.